The van der Waals surface area contributed by atoms with Crippen LogP contribution in [0.2, 0.25) is 0 Å². The van der Waals surface area contributed by atoms with Crippen molar-refractivity contribution in [2.45, 2.75) is 70.8 Å². The fourth-order valence-corrected chi connectivity index (χ4v) is 4.42. The van der Waals surface area contributed by atoms with Gasteiger partial charge < -0.3 is 4.74 Å². The van der Waals surface area contributed by atoms with Crippen LogP contribution in [0.25, 0.3) is 0 Å². The molecule has 118 valence electrons. The minimum absolute atomic E-state index is 0.00515. The molecule has 1 aromatic heterocycles. The van der Waals surface area contributed by atoms with E-state index in [1.165, 1.54) is 30.7 Å². The fraction of sp³-hybridized carbons (Fsp3) is 0.750. The Kier molecular flexibility index (Phi) is 6.68. The highest BCUT2D eigenvalue weighted by Gasteiger charge is 2.24. The number of carbonyl (C=O) groups excluding carboxylic acids is 1. The molecule has 0 aromatic carbocycles. The van der Waals surface area contributed by atoms with Gasteiger partial charge in [-0.1, -0.05) is 0 Å². The normalized spacial score (nSPS) is 22.5. The van der Waals surface area contributed by atoms with Gasteiger partial charge in [0.2, 0.25) is 0 Å². The Balaban J connectivity index is 1.64. The maximum atomic E-state index is 11.5. The summed E-state index contributed by atoms with van der Waals surface area (Å²) in [4.78, 5) is 16.0. The summed E-state index contributed by atoms with van der Waals surface area (Å²) in [6.07, 6.45) is 9.60. The highest BCUT2D eigenvalue weighted by atomic mass is 79.9. The molecule has 0 unspecified atom stereocenters. The van der Waals surface area contributed by atoms with Crippen LogP contribution in [0.15, 0.2) is 9.98 Å². The Bertz CT molecular complexity index is 453. The Morgan fingerprint density at radius 3 is 2.71 bits per heavy atom. The second kappa shape index (κ2) is 8.28. The molecule has 2 rings (SSSR count). The van der Waals surface area contributed by atoms with Gasteiger partial charge in [-0.25, -0.2) is 4.98 Å². The third-order valence-electron chi connectivity index (χ3n) is 4.05. The van der Waals surface area contributed by atoms with E-state index in [9.17, 15) is 4.79 Å². The smallest absolute Gasteiger partial charge is 0.306 e. The number of ether oxygens (including phenoxy) is 1. The summed E-state index contributed by atoms with van der Waals surface area (Å²) in [5, 5.41) is 1.28. The summed E-state index contributed by atoms with van der Waals surface area (Å²) in [7, 11) is 0. The van der Waals surface area contributed by atoms with Crippen LogP contribution in [0.5, 0.6) is 0 Å². The lowest BCUT2D eigenvalue weighted by atomic mass is 9.80. The van der Waals surface area contributed by atoms with E-state index >= 15 is 0 Å². The van der Waals surface area contributed by atoms with Crippen LogP contribution in [0.4, 0.5) is 0 Å². The molecule has 0 N–H and O–H groups in total. The molecule has 1 aliphatic carbocycles. The predicted molar refractivity (Wildman–Crippen MR) is 89.6 cm³/mol. The molecule has 0 saturated heterocycles. The molecule has 0 atom stereocenters. The maximum Gasteiger partial charge on any atom is 0.306 e. The van der Waals surface area contributed by atoms with Crippen molar-refractivity contribution < 1.29 is 9.53 Å². The van der Waals surface area contributed by atoms with Crippen LogP contribution in [-0.2, 0) is 9.53 Å². The number of aromatic nitrogens is 1. The summed E-state index contributed by atoms with van der Waals surface area (Å²) >= 11 is 5.25. The molecule has 5 heteroatoms. The van der Waals surface area contributed by atoms with Crippen LogP contribution >= 0.6 is 27.3 Å². The van der Waals surface area contributed by atoms with Crippen LogP contribution in [0.3, 0.4) is 0 Å². The van der Waals surface area contributed by atoms with E-state index < -0.39 is 0 Å². The van der Waals surface area contributed by atoms with Gasteiger partial charge in [0, 0.05) is 12.3 Å². The molecular formula is C16H24BrNO2S. The van der Waals surface area contributed by atoms with Gasteiger partial charge in [-0.15, -0.1) is 11.3 Å². The molecule has 3 nitrogen and oxygen atoms in total. The van der Waals surface area contributed by atoms with Crippen molar-refractivity contribution in [3.63, 3.8) is 0 Å². The SMILES string of the molecule is CC(C)OC(=O)CCC[C@H]1CC[C@H](c2ncc(Br)s2)CC1. The van der Waals surface area contributed by atoms with Crippen molar-refractivity contribution in [2.75, 3.05) is 0 Å². The quantitative estimate of drug-likeness (QED) is 0.634. The van der Waals surface area contributed by atoms with Gasteiger partial charge in [-0.2, -0.15) is 0 Å². The van der Waals surface area contributed by atoms with E-state index in [0.717, 1.165) is 22.5 Å². The van der Waals surface area contributed by atoms with Crippen LogP contribution in [0.1, 0.15) is 69.7 Å². The van der Waals surface area contributed by atoms with Gasteiger partial charge >= 0.3 is 5.97 Å². The van der Waals surface area contributed by atoms with E-state index in [1.54, 1.807) is 11.3 Å². The van der Waals surface area contributed by atoms with E-state index in [-0.39, 0.29) is 12.1 Å². The minimum Gasteiger partial charge on any atom is -0.463 e. The number of esters is 1. The Labute approximate surface area is 139 Å². The summed E-state index contributed by atoms with van der Waals surface area (Å²) in [5.74, 6) is 1.37. The van der Waals surface area contributed by atoms with Crippen molar-refractivity contribution in [3.8, 4) is 0 Å². The average Bonchev–Trinajstić information content (AvgIpc) is 2.85. The molecule has 0 aliphatic heterocycles. The first-order valence-corrected chi connectivity index (χ1v) is 9.46. The van der Waals surface area contributed by atoms with Gasteiger partial charge in [-0.3, -0.25) is 4.79 Å². The summed E-state index contributed by atoms with van der Waals surface area (Å²) < 4.78 is 6.29. The van der Waals surface area contributed by atoms with Crippen molar-refractivity contribution in [1.82, 2.24) is 4.98 Å². The molecule has 1 fully saturated rings. The zero-order valence-corrected chi connectivity index (χ0v) is 15.2. The number of hydrogen-bond acceptors (Lipinski definition) is 4. The first kappa shape index (κ1) is 16.9. The zero-order chi connectivity index (χ0) is 15.2. The summed E-state index contributed by atoms with van der Waals surface area (Å²) in [6.45, 7) is 3.80. The van der Waals surface area contributed by atoms with Gasteiger partial charge in [0.05, 0.1) is 21.1 Å². The lowest BCUT2D eigenvalue weighted by Gasteiger charge is -2.27. The number of nitrogens with zero attached hydrogens (tertiary/aromatic N) is 1. The maximum absolute atomic E-state index is 11.5. The average molecular weight is 374 g/mol. The second-order valence-corrected chi connectivity index (χ2v) is 8.59. The van der Waals surface area contributed by atoms with E-state index in [0.29, 0.717) is 12.3 Å². The monoisotopic (exact) mass is 373 g/mol. The standard InChI is InChI=1S/C16H24BrNO2S/c1-11(2)20-15(19)5-3-4-12-6-8-13(9-7-12)16-18-10-14(17)21-16/h10-13H,3-9H2,1-2H3/t12-,13-. The third-order valence-corrected chi connectivity index (χ3v) is 5.69. The molecule has 1 saturated carbocycles. The van der Waals surface area contributed by atoms with Crippen molar-refractivity contribution in [2.24, 2.45) is 5.92 Å². The third kappa shape index (κ3) is 5.70. The molecule has 0 radical (unpaired) electrons. The van der Waals surface area contributed by atoms with Gasteiger partial charge in [0.1, 0.15) is 0 Å². The first-order chi connectivity index (χ1) is 10.0. The highest BCUT2D eigenvalue weighted by molar-refractivity contribution is 9.11. The largest absolute Gasteiger partial charge is 0.463 e. The Hall–Kier alpha value is -0.420. The van der Waals surface area contributed by atoms with Crippen molar-refractivity contribution in [1.29, 1.82) is 0 Å². The lowest BCUT2D eigenvalue weighted by Crippen LogP contribution is -2.15. The minimum atomic E-state index is -0.0497. The topological polar surface area (TPSA) is 39.2 Å². The van der Waals surface area contributed by atoms with Crippen molar-refractivity contribution in [3.05, 3.63) is 15.0 Å². The molecule has 0 amide bonds. The molecule has 0 bridgehead atoms. The number of rotatable bonds is 6. The number of halogens is 1. The van der Waals surface area contributed by atoms with Crippen molar-refractivity contribution >= 4 is 33.2 Å². The first-order valence-electron chi connectivity index (χ1n) is 7.85. The van der Waals surface area contributed by atoms with E-state index in [4.69, 9.17) is 4.74 Å². The number of hydrogen-bond donors (Lipinski definition) is 0. The van der Waals surface area contributed by atoms with Gasteiger partial charge in [0.15, 0.2) is 0 Å². The number of thiazole rings is 1. The van der Waals surface area contributed by atoms with Gasteiger partial charge in [0.25, 0.3) is 0 Å². The number of carbonyl (C=O) groups is 1. The van der Waals surface area contributed by atoms with Crippen LogP contribution < -0.4 is 0 Å². The molecule has 21 heavy (non-hydrogen) atoms. The predicted octanol–water partition coefficient (Wildman–Crippen LogP) is 5.30. The summed E-state index contributed by atoms with van der Waals surface area (Å²) in [5.41, 5.74) is 0. The second-order valence-electron chi connectivity index (χ2n) is 6.15. The fourth-order valence-electron chi connectivity index (χ4n) is 3.01. The molecular weight excluding hydrogens is 350 g/mol. The highest BCUT2D eigenvalue weighted by Crippen LogP contribution is 2.39. The van der Waals surface area contributed by atoms with Crippen LogP contribution in [-0.4, -0.2) is 17.1 Å². The van der Waals surface area contributed by atoms with Gasteiger partial charge in [-0.05, 0) is 74.2 Å². The molecule has 0 spiro atoms. The van der Waals surface area contributed by atoms with Crippen LogP contribution in [0, 0.1) is 5.92 Å². The molecule has 1 aromatic rings. The van der Waals surface area contributed by atoms with E-state index in [2.05, 4.69) is 20.9 Å². The van der Waals surface area contributed by atoms with E-state index in [1.807, 2.05) is 20.0 Å². The molecule has 1 aliphatic rings. The molecule has 1 heterocycles. The Morgan fingerprint density at radius 1 is 1.43 bits per heavy atom. The lowest BCUT2D eigenvalue weighted by molar-refractivity contribution is -0.147. The zero-order valence-electron chi connectivity index (χ0n) is 12.8. The Morgan fingerprint density at radius 2 is 2.14 bits per heavy atom. The summed E-state index contributed by atoms with van der Waals surface area (Å²) in [6, 6.07) is 0.